The molecule has 1 saturated heterocycles. The van der Waals surface area contributed by atoms with Gasteiger partial charge < -0.3 is 20.4 Å². The minimum atomic E-state index is -4.61. The Kier molecular flexibility index (Phi) is 7.82. The number of carbonyl (C=O) groups is 1. The summed E-state index contributed by atoms with van der Waals surface area (Å²) in [6, 6.07) is 18.0. The van der Waals surface area contributed by atoms with E-state index in [0.717, 1.165) is 22.5 Å². The molecule has 0 aliphatic carbocycles. The number of halogens is 3. The molecule has 3 aromatic rings. The van der Waals surface area contributed by atoms with Gasteiger partial charge in [-0.15, -0.1) is 0 Å². The molecule has 3 aliphatic rings. The Balaban J connectivity index is 1.28. The van der Waals surface area contributed by atoms with Crippen LogP contribution >= 0.6 is 0 Å². The lowest BCUT2D eigenvalue weighted by molar-refractivity contribution is -0.138. The van der Waals surface area contributed by atoms with Gasteiger partial charge in [0.15, 0.2) is 0 Å². The van der Waals surface area contributed by atoms with Crippen LogP contribution in [-0.2, 0) is 42.4 Å². The number of nitrogens with zero attached hydrogens (tertiary/aromatic N) is 4. The molecule has 3 aliphatic heterocycles. The zero-order valence-electron chi connectivity index (χ0n) is 24.6. The van der Waals surface area contributed by atoms with E-state index in [9.17, 15) is 23.2 Å². The van der Waals surface area contributed by atoms with Crippen LogP contribution in [0.5, 0.6) is 0 Å². The summed E-state index contributed by atoms with van der Waals surface area (Å²) in [4.78, 5) is 17.3. The van der Waals surface area contributed by atoms with Crippen molar-refractivity contribution in [3.05, 3.63) is 99.1 Å². The lowest BCUT2D eigenvalue weighted by Crippen LogP contribution is -2.49. The minimum Gasteiger partial charge on any atom is -0.379 e. The summed E-state index contributed by atoms with van der Waals surface area (Å²) in [6.07, 6.45) is -3.33. The summed E-state index contributed by atoms with van der Waals surface area (Å²) in [5.41, 5.74) is 6.45. The van der Waals surface area contributed by atoms with Crippen molar-refractivity contribution in [3.8, 4) is 6.07 Å². The molecule has 0 spiro atoms. The van der Waals surface area contributed by atoms with E-state index in [4.69, 9.17) is 4.74 Å². The van der Waals surface area contributed by atoms with Crippen LogP contribution in [0, 0.1) is 11.3 Å². The first-order valence-electron chi connectivity index (χ1n) is 14.5. The normalized spacial score (nSPS) is 17.9. The maximum atomic E-state index is 14.4. The Hall–Kier alpha value is -4.40. The Morgan fingerprint density at radius 1 is 1.09 bits per heavy atom. The van der Waals surface area contributed by atoms with Gasteiger partial charge in [-0.25, -0.2) is 0 Å². The number of hydrogen-bond acceptors (Lipinski definition) is 6. The summed E-state index contributed by atoms with van der Waals surface area (Å²) in [6.45, 7) is 2.27. The molecule has 0 aromatic heterocycles. The number of nitriles is 1. The molecule has 2 N–H and O–H groups in total. The Morgan fingerprint density at radius 2 is 1.91 bits per heavy atom. The van der Waals surface area contributed by atoms with E-state index < -0.39 is 17.6 Å². The van der Waals surface area contributed by atoms with Gasteiger partial charge in [0.1, 0.15) is 5.84 Å². The third-order valence-electron chi connectivity index (χ3n) is 8.81. The molecule has 0 radical (unpaired) electrons. The van der Waals surface area contributed by atoms with Crippen molar-refractivity contribution >= 4 is 17.4 Å². The zero-order chi connectivity index (χ0) is 31.1. The van der Waals surface area contributed by atoms with E-state index >= 15 is 0 Å². The van der Waals surface area contributed by atoms with E-state index in [1.807, 2.05) is 30.3 Å². The molecule has 1 amide bonds. The molecule has 0 atom stereocenters. The number of anilines is 1. The average Bonchev–Trinajstić information content (AvgIpc) is 3.33. The molecule has 0 bridgehead atoms. The molecule has 44 heavy (non-hydrogen) atoms. The van der Waals surface area contributed by atoms with Crippen LogP contribution in [-0.4, -0.2) is 50.5 Å². The van der Waals surface area contributed by atoms with Crippen molar-refractivity contribution in [1.82, 2.24) is 15.6 Å². The highest BCUT2D eigenvalue weighted by Crippen LogP contribution is 2.42. The Bertz CT molecular complexity index is 1670. The van der Waals surface area contributed by atoms with Gasteiger partial charge in [0, 0.05) is 56.8 Å². The average molecular weight is 603 g/mol. The lowest BCUT2D eigenvalue weighted by atomic mass is 9.75. The fourth-order valence-electron chi connectivity index (χ4n) is 6.46. The molecule has 228 valence electrons. The first kappa shape index (κ1) is 29.7. The van der Waals surface area contributed by atoms with E-state index in [1.165, 1.54) is 11.0 Å². The number of amidine groups is 1. The number of hydrogen-bond donors (Lipinski definition) is 2. The SMILES string of the molecule is CN/N=C(/CC1(c2cccc(N3Cc4c(cc(CN5CCc6cc(C#N)ccc6C5)cc4C(F)(F)F)C3=O)c2)COC1)NC. The van der Waals surface area contributed by atoms with Gasteiger partial charge in [0.2, 0.25) is 0 Å². The summed E-state index contributed by atoms with van der Waals surface area (Å²) in [5.74, 6) is 0.307. The third-order valence-corrected chi connectivity index (χ3v) is 8.81. The predicted molar refractivity (Wildman–Crippen MR) is 160 cm³/mol. The number of amides is 1. The molecule has 3 aromatic carbocycles. The van der Waals surface area contributed by atoms with Crippen LogP contribution in [0.4, 0.5) is 18.9 Å². The van der Waals surface area contributed by atoms with Crippen LogP contribution in [0.2, 0.25) is 0 Å². The summed E-state index contributed by atoms with van der Waals surface area (Å²) < 4.78 is 48.8. The maximum Gasteiger partial charge on any atom is 0.416 e. The van der Waals surface area contributed by atoms with Crippen LogP contribution < -0.4 is 15.6 Å². The minimum absolute atomic E-state index is 0.00462. The van der Waals surface area contributed by atoms with Gasteiger partial charge in [-0.1, -0.05) is 18.2 Å². The highest BCUT2D eigenvalue weighted by Gasteiger charge is 2.43. The molecular weight excluding hydrogens is 569 g/mol. The lowest BCUT2D eigenvalue weighted by Gasteiger charge is -2.42. The standard InChI is InChI=1S/C33H33F3N6O2/c1-38-30(40-39-2)14-32(19-44-20-32)25-4-3-5-26(13-25)42-18-28-27(31(42)43)11-22(12-29(28)33(34,35)36)16-41-9-8-23-10-21(15-37)6-7-24(23)17-41/h3-7,10-13,39H,8-9,14,16-20H2,1-2H3,(H,38,40). The Labute approximate surface area is 254 Å². The van der Waals surface area contributed by atoms with E-state index in [2.05, 4.69) is 26.8 Å². The summed E-state index contributed by atoms with van der Waals surface area (Å²) in [5, 5.41) is 16.6. The first-order valence-corrected chi connectivity index (χ1v) is 14.5. The highest BCUT2D eigenvalue weighted by atomic mass is 19.4. The van der Waals surface area contributed by atoms with Gasteiger partial charge in [-0.2, -0.15) is 23.5 Å². The fourth-order valence-corrected chi connectivity index (χ4v) is 6.46. The van der Waals surface area contributed by atoms with Crippen LogP contribution in [0.3, 0.4) is 0 Å². The smallest absolute Gasteiger partial charge is 0.379 e. The molecule has 3 heterocycles. The molecule has 0 saturated carbocycles. The number of hydrazone groups is 1. The number of benzene rings is 3. The van der Waals surface area contributed by atoms with Gasteiger partial charge in [-0.3, -0.25) is 9.69 Å². The van der Waals surface area contributed by atoms with Crippen molar-refractivity contribution in [2.75, 3.05) is 38.8 Å². The zero-order valence-corrected chi connectivity index (χ0v) is 24.6. The largest absolute Gasteiger partial charge is 0.416 e. The summed E-state index contributed by atoms with van der Waals surface area (Å²) in [7, 11) is 3.51. The number of ether oxygens (including phenoxy) is 1. The van der Waals surface area contributed by atoms with Crippen LogP contribution in [0.25, 0.3) is 0 Å². The van der Waals surface area contributed by atoms with Gasteiger partial charge in [-0.05, 0) is 70.6 Å². The molecule has 6 rings (SSSR count). The van der Waals surface area contributed by atoms with Crippen molar-refractivity contribution < 1.29 is 22.7 Å². The van der Waals surface area contributed by atoms with Crippen molar-refractivity contribution in [2.45, 2.75) is 44.1 Å². The van der Waals surface area contributed by atoms with E-state index in [0.29, 0.717) is 56.0 Å². The maximum absolute atomic E-state index is 14.4. The van der Waals surface area contributed by atoms with Crippen molar-refractivity contribution in [2.24, 2.45) is 5.10 Å². The van der Waals surface area contributed by atoms with Crippen LogP contribution in [0.15, 0.2) is 59.7 Å². The number of alkyl halides is 3. The van der Waals surface area contributed by atoms with Gasteiger partial charge in [0.25, 0.3) is 5.91 Å². The second-order valence-electron chi connectivity index (χ2n) is 11.6. The molecule has 8 nitrogen and oxygen atoms in total. The number of nitrogens with one attached hydrogen (secondary N) is 2. The monoisotopic (exact) mass is 602 g/mol. The predicted octanol–water partition coefficient (Wildman–Crippen LogP) is 4.71. The third kappa shape index (κ3) is 5.51. The second kappa shape index (κ2) is 11.6. The quantitative estimate of drug-likeness (QED) is 0.231. The number of rotatable bonds is 7. The van der Waals surface area contributed by atoms with E-state index in [-0.39, 0.29) is 29.6 Å². The number of fused-ring (bicyclic) bond motifs is 2. The van der Waals surface area contributed by atoms with Gasteiger partial charge >= 0.3 is 6.18 Å². The fraction of sp³-hybridized carbons (Fsp3) is 0.364. The summed E-state index contributed by atoms with van der Waals surface area (Å²) >= 11 is 0. The first-order chi connectivity index (χ1) is 21.1. The molecule has 1 fully saturated rings. The van der Waals surface area contributed by atoms with Crippen molar-refractivity contribution in [3.63, 3.8) is 0 Å². The van der Waals surface area contributed by atoms with E-state index in [1.54, 1.807) is 32.3 Å². The molecule has 0 unspecified atom stereocenters. The molecule has 11 heteroatoms. The van der Waals surface area contributed by atoms with Gasteiger partial charge in [0.05, 0.1) is 37.0 Å². The van der Waals surface area contributed by atoms with Crippen LogP contribution in [0.1, 0.15) is 55.7 Å². The number of carbonyl (C=O) groups excluding carboxylic acids is 1. The van der Waals surface area contributed by atoms with Crippen molar-refractivity contribution in [1.29, 1.82) is 5.26 Å². The highest BCUT2D eigenvalue weighted by molar-refractivity contribution is 6.10. The second-order valence-corrected chi connectivity index (χ2v) is 11.6. The molecular formula is C33H33F3N6O2. The Morgan fingerprint density at radius 3 is 2.59 bits per heavy atom. The topological polar surface area (TPSA) is 93.0 Å².